The number of fused-ring (bicyclic) bond motifs is 1. The Labute approximate surface area is 100 Å². The van der Waals surface area contributed by atoms with Crippen LogP contribution in [0.5, 0.6) is 0 Å². The molecule has 1 aliphatic carbocycles. The molecule has 88 valence electrons. The fraction of sp³-hybridized carbons (Fsp3) is 0.462. The molecule has 0 aliphatic heterocycles. The van der Waals surface area contributed by atoms with Gasteiger partial charge in [0, 0.05) is 6.04 Å². The normalized spacial score (nSPS) is 17.2. The van der Waals surface area contributed by atoms with Gasteiger partial charge in [-0.05, 0) is 25.0 Å². The SMILES string of the molecule is c1ccc2nc(NC3CCCCC3)nnc2c1. The van der Waals surface area contributed by atoms with Crippen molar-refractivity contribution >= 4 is 17.0 Å². The van der Waals surface area contributed by atoms with Crippen molar-refractivity contribution in [2.24, 2.45) is 0 Å². The first-order valence-corrected chi connectivity index (χ1v) is 6.28. The molecule has 0 amide bonds. The van der Waals surface area contributed by atoms with Crippen LogP contribution in [0.15, 0.2) is 24.3 Å². The second kappa shape index (κ2) is 4.65. The molecule has 1 aromatic carbocycles. The van der Waals surface area contributed by atoms with Crippen LogP contribution in [0, 0.1) is 0 Å². The third kappa shape index (κ3) is 2.35. The maximum Gasteiger partial charge on any atom is 0.243 e. The zero-order valence-corrected chi connectivity index (χ0v) is 9.76. The molecule has 4 nitrogen and oxygen atoms in total. The molecular weight excluding hydrogens is 212 g/mol. The largest absolute Gasteiger partial charge is 0.350 e. The van der Waals surface area contributed by atoms with Crippen molar-refractivity contribution in [3.8, 4) is 0 Å². The molecule has 1 aromatic heterocycles. The number of anilines is 1. The molecule has 1 saturated carbocycles. The van der Waals surface area contributed by atoms with Crippen LogP contribution in [-0.2, 0) is 0 Å². The molecule has 4 heteroatoms. The van der Waals surface area contributed by atoms with Gasteiger partial charge >= 0.3 is 0 Å². The van der Waals surface area contributed by atoms with Gasteiger partial charge < -0.3 is 5.32 Å². The van der Waals surface area contributed by atoms with Crippen molar-refractivity contribution < 1.29 is 0 Å². The van der Waals surface area contributed by atoms with Gasteiger partial charge in [0.05, 0.1) is 5.52 Å². The predicted octanol–water partition coefficient (Wildman–Crippen LogP) is 2.77. The number of hydrogen-bond acceptors (Lipinski definition) is 4. The maximum atomic E-state index is 4.48. The lowest BCUT2D eigenvalue weighted by molar-refractivity contribution is 0.460. The first-order chi connectivity index (χ1) is 8.42. The predicted molar refractivity (Wildman–Crippen MR) is 67.8 cm³/mol. The Hall–Kier alpha value is -1.71. The summed E-state index contributed by atoms with van der Waals surface area (Å²) >= 11 is 0. The van der Waals surface area contributed by atoms with Gasteiger partial charge in [-0.3, -0.25) is 0 Å². The molecule has 0 saturated heterocycles. The number of hydrogen-bond donors (Lipinski definition) is 1. The molecule has 0 atom stereocenters. The van der Waals surface area contributed by atoms with Crippen LogP contribution in [0.3, 0.4) is 0 Å². The van der Waals surface area contributed by atoms with Crippen LogP contribution >= 0.6 is 0 Å². The summed E-state index contributed by atoms with van der Waals surface area (Å²) in [5.74, 6) is 0.663. The highest BCUT2D eigenvalue weighted by Gasteiger charge is 2.14. The van der Waals surface area contributed by atoms with Crippen molar-refractivity contribution in [1.29, 1.82) is 0 Å². The zero-order chi connectivity index (χ0) is 11.5. The topological polar surface area (TPSA) is 50.7 Å². The molecule has 2 aromatic rings. The summed E-state index contributed by atoms with van der Waals surface area (Å²) in [6.07, 6.45) is 6.40. The van der Waals surface area contributed by atoms with Crippen molar-refractivity contribution in [3.05, 3.63) is 24.3 Å². The Morgan fingerprint density at radius 3 is 2.53 bits per heavy atom. The van der Waals surface area contributed by atoms with Gasteiger partial charge in [0.1, 0.15) is 5.52 Å². The lowest BCUT2D eigenvalue weighted by Crippen LogP contribution is -2.23. The summed E-state index contributed by atoms with van der Waals surface area (Å²) < 4.78 is 0. The minimum absolute atomic E-state index is 0.520. The number of nitrogens with one attached hydrogen (secondary N) is 1. The van der Waals surface area contributed by atoms with E-state index in [1.165, 1.54) is 32.1 Å². The van der Waals surface area contributed by atoms with Crippen molar-refractivity contribution in [3.63, 3.8) is 0 Å². The fourth-order valence-corrected chi connectivity index (χ4v) is 2.37. The van der Waals surface area contributed by atoms with Gasteiger partial charge in [-0.2, -0.15) is 0 Å². The van der Waals surface area contributed by atoms with E-state index in [4.69, 9.17) is 0 Å². The van der Waals surface area contributed by atoms with Crippen LogP contribution in [0.25, 0.3) is 11.0 Å². The highest BCUT2D eigenvalue weighted by Crippen LogP contribution is 2.20. The summed E-state index contributed by atoms with van der Waals surface area (Å²) in [5.41, 5.74) is 1.75. The average Bonchev–Trinajstić information content (AvgIpc) is 2.40. The first-order valence-electron chi connectivity index (χ1n) is 6.28. The van der Waals surface area contributed by atoms with E-state index in [2.05, 4.69) is 20.5 Å². The Kier molecular flexibility index (Phi) is 2.86. The Bertz CT molecular complexity index is 506. The summed E-state index contributed by atoms with van der Waals surface area (Å²) in [6.45, 7) is 0. The monoisotopic (exact) mass is 228 g/mol. The summed E-state index contributed by atoms with van der Waals surface area (Å²) in [6, 6.07) is 8.34. The number of benzene rings is 1. The Morgan fingerprint density at radius 2 is 1.71 bits per heavy atom. The van der Waals surface area contributed by atoms with Gasteiger partial charge in [0.2, 0.25) is 5.95 Å². The van der Waals surface area contributed by atoms with Gasteiger partial charge in [-0.15, -0.1) is 10.2 Å². The standard InChI is InChI=1S/C13H16N4/c1-2-6-10(7-3-1)14-13-15-11-8-4-5-9-12(11)16-17-13/h4-5,8-10H,1-3,6-7H2,(H,14,15,17). The molecular formula is C13H16N4. The van der Waals surface area contributed by atoms with Crippen LogP contribution in [0.2, 0.25) is 0 Å². The van der Waals surface area contributed by atoms with E-state index in [9.17, 15) is 0 Å². The summed E-state index contributed by atoms with van der Waals surface area (Å²) in [7, 11) is 0. The van der Waals surface area contributed by atoms with E-state index in [-0.39, 0.29) is 0 Å². The van der Waals surface area contributed by atoms with Crippen LogP contribution < -0.4 is 5.32 Å². The van der Waals surface area contributed by atoms with Crippen LogP contribution in [0.4, 0.5) is 5.95 Å². The third-order valence-corrected chi connectivity index (χ3v) is 3.30. The number of rotatable bonds is 2. The average molecular weight is 228 g/mol. The molecule has 0 unspecified atom stereocenters. The molecule has 17 heavy (non-hydrogen) atoms. The molecule has 0 spiro atoms. The molecule has 1 aliphatic rings. The van der Waals surface area contributed by atoms with E-state index >= 15 is 0 Å². The van der Waals surface area contributed by atoms with Crippen molar-refractivity contribution in [2.45, 2.75) is 38.1 Å². The molecule has 1 heterocycles. The third-order valence-electron chi connectivity index (χ3n) is 3.30. The minimum atomic E-state index is 0.520. The van der Waals surface area contributed by atoms with E-state index in [1.54, 1.807) is 0 Å². The Balaban J connectivity index is 1.80. The lowest BCUT2D eigenvalue weighted by Gasteiger charge is -2.22. The van der Waals surface area contributed by atoms with Crippen LogP contribution in [0.1, 0.15) is 32.1 Å². The molecule has 0 radical (unpaired) electrons. The minimum Gasteiger partial charge on any atom is -0.350 e. The van der Waals surface area contributed by atoms with E-state index < -0.39 is 0 Å². The molecule has 1 N–H and O–H groups in total. The summed E-state index contributed by atoms with van der Waals surface area (Å²) in [5, 5.41) is 11.7. The molecule has 0 bridgehead atoms. The fourth-order valence-electron chi connectivity index (χ4n) is 2.37. The second-order valence-electron chi connectivity index (χ2n) is 4.60. The van der Waals surface area contributed by atoms with Crippen LogP contribution in [-0.4, -0.2) is 21.2 Å². The van der Waals surface area contributed by atoms with Crippen molar-refractivity contribution in [1.82, 2.24) is 15.2 Å². The van der Waals surface area contributed by atoms with E-state index in [0.29, 0.717) is 12.0 Å². The molecule has 3 rings (SSSR count). The van der Waals surface area contributed by atoms with Gasteiger partial charge in [0.25, 0.3) is 0 Å². The zero-order valence-electron chi connectivity index (χ0n) is 9.76. The smallest absolute Gasteiger partial charge is 0.243 e. The van der Waals surface area contributed by atoms with E-state index in [1.807, 2.05) is 24.3 Å². The Morgan fingerprint density at radius 1 is 0.941 bits per heavy atom. The van der Waals surface area contributed by atoms with Crippen molar-refractivity contribution in [2.75, 3.05) is 5.32 Å². The van der Waals surface area contributed by atoms with Gasteiger partial charge in [-0.25, -0.2) is 4.98 Å². The lowest BCUT2D eigenvalue weighted by atomic mass is 9.96. The van der Waals surface area contributed by atoms with E-state index in [0.717, 1.165) is 11.0 Å². The molecule has 1 fully saturated rings. The number of para-hydroxylation sites is 1. The van der Waals surface area contributed by atoms with Gasteiger partial charge in [-0.1, -0.05) is 31.4 Å². The number of aromatic nitrogens is 3. The highest BCUT2D eigenvalue weighted by atomic mass is 15.2. The quantitative estimate of drug-likeness (QED) is 0.858. The second-order valence-corrected chi connectivity index (χ2v) is 4.60. The first kappa shape index (κ1) is 10.4. The van der Waals surface area contributed by atoms with Gasteiger partial charge in [0.15, 0.2) is 0 Å². The summed E-state index contributed by atoms with van der Waals surface area (Å²) in [4.78, 5) is 4.48. The maximum absolute atomic E-state index is 4.48. The highest BCUT2D eigenvalue weighted by molar-refractivity contribution is 5.74. The number of nitrogens with zero attached hydrogens (tertiary/aromatic N) is 3.